The van der Waals surface area contributed by atoms with Crippen LogP contribution in [0.1, 0.15) is 46.4 Å². The highest BCUT2D eigenvalue weighted by molar-refractivity contribution is 6.30. The fourth-order valence-corrected chi connectivity index (χ4v) is 5.56. The number of benzene rings is 3. The van der Waals surface area contributed by atoms with Crippen LogP contribution in [-0.4, -0.2) is 39.9 Å². The molecule has 0 saturated heterocycles. The molecular weight excluding hydrogens is 566 g/mol. The number of para-hydroxylation sites is 1. The zero-order chi connectivity index (χ0) is 30.9. The number of fused-ring (bicyclic) bond motifs is 1. The van der Waals surface area contributed by atoms with Crippen LogP contribution < -0.4 is 9.47 Å². The van der Waals surface area contributed by atoms with Crippen molar-refractivity contribution in [2.75, 3.05) is 13.2 Å². The van der Waals surface area contributed by atoms with Crippen molar-refractivity contribution in [2.24, 2.45) is 0 Å². The van der Waals surface area contributed by atoms with E-state index in [-0.39, 0.29) is 13.0 Å². The van der Waals surface area contributed by atoms with E-state index in [1.807, 2.05) is 99.7 Å². The summed E-state index contributed by atoms with van der Waals surface area (Å²) in [7, 11) is 0. The average molecular weight is 602 g/mol. The Morgan fingerprint density at radius 1 is 0.884 bits per heavy atom. The number of halogens is 1. The van der Waals surface area contributed by atoms with Crippen molar-refractivity contribution in [3.05, 3.63) is 105 Å². The summed E-state index contributed by atoms with van der Waals surface area (Å²) >= 11 is 6.08. The van der Waals surface area contributed by atoms with Crippen molar-refractivity contribution in [2.45, 2.75) is 46.6 Å². The molecule has 0 atom stereocenters. The number of aliphatic carboxylic acids is 2. The van der Waals surface area contributed by atoms with Crippen molar-refractivity contribution in [3.63, 3.8) is 0 Å². The van der Waals surface area contributed by atoms with Crippen LogP contribution in [0.5, 0.6) is 11.5 Å². The summed E-state index contributed by atoms with van der Waals surface area (Å²) in [5, 5.41) is 20.3. The lowest BCUT2D eigenvalue weighted by atomic mass is 10.0. The Labute approximate surface area is 256 Å². The highest BCUT2D eigenvalue weighted by atomic mass is 35.5. The van der Waals surface area contributed by atoms with E-state index in [1.54, 1.807) is 4.57 Å². The van der Waals surface area contributed by atoms with Crippen molar-refractivity contribution in [1.82, 2.24) is 4.57 Å². The lowest BCUT2D eigenvalue weighted by Gasteiger charge is -2.11. The summed E-state index contributed by atoms with van der Waals surface area (Å²) in [6.45, 7) is 6.52. The summed E-state index contributed by atoms with van der Waals surface area (Å²) in [6.07, 6.45) is 8.92. The number of carboxylic acid groups (broad SMARTS) is 2. The molecule has 1 aromatic heterocycles. The van der Waals surface area contributed by atoms with Crippen LogP contribution in [0.25, 0.3) is 23.1 Å². The molecule has 2 N–H and O–H groups in total. The van der Waals surface area contributed by atoms with Gasteiger partial charge in [-0.3, -0.25) is 9.59 Å². The fraction of sp³-hybridized carbons (Fsp3) is 0.257. The van der Waals surface area contributed by atoms with Crippen molar-refractivity contribution in [3.8, 4) is 11.5 Å². The van der Waals surface area contributed by atoms with Crippen LogP contribution in [0.2, 0.25) is 5.02 Å². The van der Waals surface area contributed by atoms with E-state index in [1.165, 1.54) is 0 Å². The summed E-state index contributed by atoms with van der Waals surface area (Å²) in [5.41, 5.74) is 6.54. The summed E-state index contributed by atoms with van der Waals surface area (Å²) in [4.78, 5) is 22.7. The minimum absolute atomic E-state index is 0.0683. The predicted octanol–water partition coefficient (Wildman–Crippen LogP) is 7.90. The third-order valence-corrected chi connectivity index (χ3v) is 7.43. The largest absolute Gasteiger partial charge is 0.490 e. The molecule has 1 heterocycles. The maximum Gasteiger partial charge on any atom is 0.323 e. The molecule has 43 heavy (non-hydrogen) atoms. The van der Waals surface area contributed by atoms with Gasteiger partial charge in [0.25, 0.3) is 0 Å². The Morgan fingerprint density at radius 2 is 1.56 bits per heavy atom. The number of nitrogens with zero attached hydrogens (tertiary/aromatic N) is 1. The van der Waals surface area contributed by atoms with E-state index in [9.17, 15) is 14.7 Å². The first kappa shape index (κ1) is 31.4. The molecule has 8 heteroatoms. The molecule has 7 nitrogen and oxygen atoms in total. The molecular formula is C35H36ClNO6. The zero-order valence-electron chi connectivity index (χ0n) is 24.6. The number of aryl methyl sites for hydroxylation is 3. The fourth-order valence-electron chi connectivity index (χ4n) is 5.23. The van der Waals surface area contributed by atoms with E-state index >= 15 is 0 Å². The summed E-state index contributed by atoms with van der Waals surface area (Å²) in [5.74, 6) is -0.184. The molecule has 4 rings (SSSR count). The number of carboxylic acids is 2. The predicted molar refractivity (Wildman–Crippen MR) is 171 cm³/mol. The molecule has 0 saturated carbocycles. The Kier molecular flexibility index (Phi) is 10.7. The van der Waals surface area contributed by atoms with Crippen LogP contribution >= 0.6 is 11.6 Å². The third-order valence-electron chi connectivity index (χ3n) is 7.21. The van der Waals surface area contributed by atoms with Gasteiger partial charge in [0.15, 0.2) is 0 Å². The van der Waals surface area contributed by atoms with Crippen LogP contribution in [0.4, 0.5) is 0 Å². The Bertz CT molecular complexity index is 1640. The summed E-state index contributed by atoms with van der Waals surface area (Å²) < 4.78 is 13.5. The molecule has 0 spiro atoms. The average Bonchev–Trinajstić information content (AvgIpc) is 3.21. The molecule has 4 aromatic rings. The van der Waals surface area contributed by atoms with Gasteiger partial charge in [0, 0.05) is 22.5 Å². The normalized spacial score (nSPS) is 11.5. The molecule has 0 bridgehead atoms. The van der Waals surface area contributed by atoms with E-state index in [0.29, 0.717) is 31.1 Å². The van der Waals surface area contributed by atoms with Gasteiger partial charge in [-0.1, -0.05) is 54.1 Å². The van der Waals surface area contributed by atoms with E-state index in [0.717, 1.165) is 55.9 Å². The summed E-state index contributed by atoms with van der Waals surface area (Å²) in [6, 6.07) is 17.4. The molecule has 0 aliphatic carbocycles. The van der Waals surface area contributed by atoms with Gasteiger partial charge in [0.2, 0.25) is 0 Å². The number of hydrogen-bond acceptors (Lipinski definition) is 4. The monoisotopic (exact) mass is 601 g/mol. The molecule has 0 radical (unpaired) electrons. The van der Waals surface area contributed by atoms with Gasteiger partial charge in [-0.2, -0.15) is 0 Å². The number of ether oxygens (including phenoxy) is 2. The topological polar surface area (TPSA) is 98.0 Å². The van der Waals surface area contributed by atoms with Gasteiger partial charge in [-0.25, -0.2) is 0 Å². The van der Waals surface area contributed by atoms with Crippen LogP contribution in [0, 0.1) is 20.8 Å². The lowest BCUT2D eigenvalue weighted by molar-refractivity contribution is -0.138. The number of aromatic nitrogens is 1. The standard InChI is InChI=1S/C35H36ClNO6/c1-23-20-28(36)21-24(2)35(23)43-19-5-4-18-42-29-16-13-26(14-17-29)12-15-27-8-6-10-31-30(9-7-11-32(38)39)25(3)37(34(27)31)22-33(40)41/h4-6,8,10,12-17,20-21H,7,9,11,18-19,22H2,1-3H3,(H,38,39)(H,40,41). The highest BCUT2D eigenvalue weighted by Gasteiger charge is 2.18. The molecule has 0 aliphatic rings. The minimum Gasteiger partial charge on any atom is -0.490 e. The molecule has 0 amide bonds. The van der Waals surface area contributed by atoms with E-state index in [2.05, 4.69) is 0 Å². The van der Waals surface area contributed by atoms with Crippen LogP contribution in [0.3, 0.4) is 0 Å². The second kappa shape index (κ2) is 14.6. The molecule has 0 unspecified atom stereocenters. The van der Waals surface area contributed by atoms with Gasteiger partial charge in [0.1, 0.15) is 31.3 Å². The van der Waals surface area contributed by atoms with Gasteiger partial charge in [-0.05, 0) is 97.8 Å². The number of rotatable bonds is 14. The van der Waals surface area contributed by atoms with Crippen LogP contribution in [0.15, 0.2) is 66.7 Å². The third kappa shape index (κ3) is 8.30. The Balaban J connectivity index is 1.40. The van der Waals surface area contributed by atoms with E-state index < -0.39 is 11.9 Å². The Morgan fingerprint density at radius 3 is 2.21 bits per heavy atom. The SMILES string of the molecule is Cc1cc(Cl)cc(C)c1OCC=CCOc1ccc(C=Cc2cccc3c(CCCC(=O)O)c(C)n(CC(=O)O)c23)cc1. The van der Waals surface area contributed by atoms with Gasteiger partial charge in [0.05, 0.1) is 5.52 Å². The molecule has 0 fully saturated rings. The zero-order valence-corrected chi connectivity index (χ0v) is 25.4. The first-order chi connectivity index (χ1) is 20.6. The van der Waals surface area contributed by atoms with Gasteiger partial charge >= 0.3 is 11.9 Å². The first-order valence-electron chi connectivity index (χ1n) is 14.1. The molecule has 0 aliphatic heterocycles. The Hall–Kier alpha value is -4.49. The van der Waals surface area contributed by atoms with Gasteiger partial charge in [-0.15, -0.1) is 0 Å². The van der Waals surface area contributed by atoms with Crippen molar-refractivity contribution < 1.29 is 29.3 Å². The van der Waals surface area contributed by atoms with Crippen molar-refractivity contribution in [1.29, 1.82) is 0 Å². The second-order valence-electron chi connectivity index (χ2n) is 10.4. The second-order valence-corrected chi connectivity index (χ2v) is 10.8. The van der Waals surface area contributed by atoms with Crippen molar-refractivity contribution >= 4 is 46.6 Å². The quantitative estimate of drug-likeness (QED) is 0.113. The number of carbonyl (C=O) groups is 2. The smallest absolute Gasteiger partial charge is 0.323 e. The number of hydrogen-bond donors (Lipinski definition) is 2. The maximum atomic E-state index is 11.7. The minimum atomic E-state index is -0.930. The lowest BCUT2D eigenvalue weighted by Crippen LogP contribution is -2.10. The molecule has 3 aromatic carbocycles. The van der Waals surface area contributed by atoms with Crippen LogP contribution in [-0.2, 0) is 22.6 Å². The van der Waals surface area contributed by atoms with Gasteiger partial charge < -0.3 is 24.3 Å². The first-order valence-corrected chi connectivity index (χ1v) is 14.5. The molecule has 224 valence electrons. The maximum absolute atomic E-state index is 11.7. The highest BCUT2D eigenvalue weighted by Crippen LogP contribution is 2.31. The van der Waals surface area contributed by atoms with E-state index in [4.69, 9.17) is 26.2 Å².